The van der Waals surface area contributed by atoms with Crippen LogP contribution in [0.4, 0.5) is 0 Å². The summed E-state index contributed by atoms with van der Waals surface area (Å²) in [5.74, 6) is 0. The Bertz CT molecular complexity index is 1230. The Morgan fingerprint density at radius 2 is 1.03 bits per heavy atom. The molecular weight excluding hydrogens is 408 g/mol. The fourth-order valence-electron chi connectivity index (χ4n) is 3.63. The zero-order valence-electron chi connectivity index (χ0n) is 17.1. The highest BCUT2D eigenvalue weighted by Gasteiger charge is 2.10. The molecule has 0 fully saturated rings. The van der Waals surface area contributed by atoms with Crippen LogP contribution in [-0.4, -0.2) is 20.4 Å². The number of fused-ring (bicyclic) bond motifs is 2. The van der Waals surface area contributed by atoms with E-state index in [0.717, 1.165) is 56.8 Å². The summed E-state index contributed by atoms with van der Waals surface area (Å²) in [6.45, 7) is 4.34. The minimum Gasteiger partial charge on any atom is -0.143 e. The van der Waals surface area contributed by atoms with E-state index in [1.807, 2.05) is 0 Å². The Morgan fingerprint density at radius 1 is 0.567 bits per heavy atom. The molecule has 0 saturated carbocycles. The van der Waals surface area contributed by atoms with Crippen molar-refractivity contribution in [2.75, 3.05) is 0 Å². The van der Waals surface area contributed by atoms with Gasteiger partial charge < -0.3 is 0 Å². The van der Waals surface area contributed by atoms with Crippen LogP contribution in [0.15, 0.2) is 48.5 Å². The molecule has 0 atom stereocenters. The lowest BCUT2D eigenvalue weighted by atomic mass is 10.0. The first-order valence-electron chi connectivity index (χ1n) is 10.4. The minimum atomic E-state index is 0.993. The molecule has 2 heterocycles. The highest BCUT2D eigenvalue weighted by atomic mass is 32.1. The highest BCUT2D eigenvalue weighted by Crippen LogP contribution is 2.32. The van der Waals surface area contributed by atoms with Gasteiger partial charge in [0.15, 0.2) is 0 Å². The van der Waals surface area contributed by atoms with Crippen molar-refractivity contribution in [1.82, 2.24) is 20.4 Å². The summed E-state index contributed by atoms with van der Waals surface area (Å²) in [4.78, 5) is 0. The highest BCUT2D eigenvalue weighted by molar-refractivity contribution is 7.15. The summed E-state index contributed by atoms with van der Waals surface area (Å²) >= 11 is 3.39. The molecule has 30 heavy (non-hydrogen) atoms. The lowest BCUT2D eigenvalue weighted by Crippen LogP contribution is -1.82. The van der Waals surface area contributed by atoms with Gasteiger partial charge in [0.05, 0.1) is 0 Å². The molecule has 4 nitrogen and oxygen atoms in total. The summed E-state index contributed by atoms with van der Waals surface area (Å²) < 4.78 is 0. The standard InChI is InChI=1S/C24H22N4S2/c1-3-5-21-25-27-23(29-21)17-9-7-15-12-20-14-18(10-8-16(20)11-19(15)13-17)24-28-26-22(30-24)6-4-2/h7-14H,3-6H2,1-2H3. The van der Waals surface area contributed by atoms with E-state index in [1.54, 1.807) is 22.7 Å². The van der Waals surface area contributed by atoms with Crippen LogP contribution in [0.2, 0.25) is 0 Å². The number of hydrogen-bond donors (Lipinski definition) is 0. The molecule has 2 aromatic heterocycles. The van der Waals surface area contributed by atoms with Crippen molar-refractivity contribution in [2.24, 2.45) is 0 Å². The second-order valence-corrected chi connectivity index (χ2v) is 9.60. The van der Waals surface area contributed by atoms with E-state index in [-0.39, 0.29) is 0 Å². The summed E-state index contributed by atoms with van der Waals surface area (Å²) in [5, 5.41) is 26.5. The first kappa shape index (κ1) is 19.3. The molecule has 3 aromatic carbocycles. The van der Waals surface area contributed by atoms with Gasteiger partial charge in [-0.1, -0.05) is 60.8 Å². The first-order chi connectivity index (χ1) is 14.7. The number of aromatic nitrogens is 4. The average molecular weight is 431 g/mol. The average Bonchev–Trinajstić information content (AvgIpc) is 3.42. The van der Waals surface area contributed by atoms with Gasteiger partial charge >= 0.3 is 0 Å². The van der Waals surface area contributed by atoms with Crippen LogP contribution in [0, 0.1) is 0 Å². The van der Waals surface area contributed by atoms with Crippen LogP contribution in [0.25, 0.3) is 42.7 Å². The quantitative estimate of drug-likeness (QED) is 0.274. The van der Waals surface area contributed by atoms with E-state index in [4.69, 9.17) is 0 Å². The molecule has 0 saturated heterocycles. The molecule has 150 valence electrons. The fourth-order valence-corrected chi connectivity index (χ4v) is 5.51. The second kappa shape index (κ2) is 8.20. The van der Waals surface area contributed by atoms with E-state index in [1.165, 1.54) is 21.5 Å². The third-order valence-corrected chi connectivity index (χ3v) is 7.22. The summed E-state index contributed by atoms with van der Waals surface area (Å²) in [6.07, 6.45) is 4.17. The Morgan fingerprint density at radius 3 is 1.47 bits per heavy atom. The van der Waals surface area contributed by atoms with Crippen LogP contribution < -0.4 is 0 Å². The summed E-state index contributed by atoms with van der Waals surface area (Å²) in [5.41, 5.74) is 2.27. The van der Waals surface area contributed by atoms with E-state index < -0.39 is 0 Å². The van der Waals surface area contributed by atoms with Gasteiger partial charge in [-0.3, -0.25) is 0 Å². The monoisotopic (exact) mass is 430 g/mol. The lowest BCUT2D eigenvalue weighted by molar-refractivity contribution is 0.879. The Labute approximate surface area is 183 Å². The van der Waals surface area contributed by atoms with Crippen LogP contribution in [0.5, 0.6) is 0 Å². The van der Waals surface area contributed by atoms with Crippen LogP contribution in [-0.2, 0) is 12.8 Å². The molecule has 0 bridgehead atoms. The van der Waals surface area contributed by atoms with E-state index >= 15 is 0 Å². The lowest BCUT2D eigenvalue weighted by Gasteiger charge is -2.06. The van der Waals surface area contributed by atoms with Gasteiger partial charge in [-0.05, 0) is 58.7 Å². The molecule has 5 aromatic rings. The maximum absolute atomic E-state index is 4.39. The number of nitrogens with zero attached hydrogens (tertiary/aromatic N) is 4. The minimum absolute atomic E-state index is 0.993. The zero-order valence-corrected chi connectivity index (χ0v) is 18.7. The first-order valence-corrected chi connectivity index (χ1v) is 12.0. The second-order valence-electron chi connectivity index (χ2n) is 7.48. The van der Waals surface area contributed by atoms with Crippen LogP contribution in [0.1, 0.15) is 36.7 Å². The van der Waals surface area contributed by atoms with Crippen molar-refractivity contribution in [1.29, 1.82) is 0 Å². The Balaban J connectivity index is 1.52. The molecule has 0 aliphatic heterocycles. The smallest absolute Gasteiger partial charge is 0.143 e. The number of benzene rings is 3. The summed E-state index contributed by atoms with van der Waals surface area (Å²) in [6, 6.07) is 17.6. The molecule has 5 rings (SSSR count). The van der Waals surface area contributed by atoms with Crippen LogP contribution >= 0.6 is 22.7 Å². The molecule has 0 spiro atoms. The Kier molecular flexibility index (Phi) is 5.27. The van der Waals surface area contributed by atoms with E-state index in [0.29, 0.717) is 0 Å². The molecule has 0 unspecified atom stereocenters. The van der Waals surface area contributed by atoms with Gasteiger partial charge in [0.1, 0.15) is 20.0 Å². The normalized spacial score (nSPS) is 11.5. The van der Waals surface area contributed by atoms with Crippen molar-refractivity contribution >= 4 is 44.2 Å². The third kappa shape index (κ3) is 3.73. The van der Waals surface area contributed by atoms with Gasteiger partial charge in [0, 0.05) is 24.0 Å². The molecular formula is C24H22N4S2. The van der Waals surface area contributed by atoms with Crippen molar-refractivity contribution < 1.29 is 0 Å². The maximum Gasteiger partial charge on any atom is 0.147 e. The third-order valence-electron chi connectivity index (χ3n) is 5.15. The SMILES string of the molecule is CCCc1nnc(-c2ccc3cc4cc(-c5nnc(CCC)s5)ccc4cc3c2)s1. The largest absolute Gasteiger partial charge is 0.147 e. The van der Waals surface area contributed by atoms with Gasteiger partial charge in [-0.15, -0.1) is 20.4 Å². The van der Waals surface area contributed by atoms with Crippen LogP contribution in [0.3, 0.4) is 0 Å². The maximum atomic E-state index is 4.39. The predicted octanol–water partition coefficient (Wildman–Crippen LogP) is 6.94. The molecule has 0 N–H and O–H groups in total. The number of aryl methyl sites for hydroxylation is 2. The zero-order chi connectivity index (χ0) is 20.5. The van der Waals surface area contributed by atoms with Crippen molar-refractivity contribution in [3.8, 4) is 21.1 Å². The summed E-state index contributed by atoms with van der Waals surface area (Å²) in [7, 11) is 0. The molecule has 0 aliphatic carbocycles. The predicted molar refractivity (Wildman–Crippen MR) is 127 cm³/mol. The molecule has 0 aliphatic rings. The van der Waals surface area contributed by atoms with E-state index in [2.05, 4.69) is 82.8 Å². The molecule has 0 radical (unpaired) electrons. The molecule has 6 heteroatoms. The number of hydrogen-bond acceptors (Lipinski definition) is 6. The van der Waals surface area contributed by atoms with Gasteiger partial charge in [0.25, 0.3) is 0 Å². The van der Waals surface area contributed by atoms with Crippen molar-refractivity contribution in [3.63, 3.8) is 0 Å². The number of rotatable bonds is 6. The van der Waals surface area contributed by atoms with Gasteiger partial charge in [-0.2, -0.15) is 0 Å². The van der Waals surface area contributed by atoms with Gasteiger partial charge in [0.2, 0.25) is 0 Å². The van der Waals surface area contributed by atoms with Crippen molar-refractivity contribution in [3.05, 3.63) is 58.5 Å². The topological polar surface area (TPSA) is 51.6 Å². The van der Waals surface area contributed by atoms with Gasteiger partial charge in [-0.25, -0.2) is 0 Å². The van der Waals surface area contributed by atoms with E-state index in [9.17, 15) is 0 Å². The van der Waals surface area contributed by atoms with Crippen molar-refractivity contribution in [2.45, 2.75) is 39.5 Å². The fraction of sp³-hybridized carbons (Fsp3) is 0.250. The molecule has 0 amide bonds. The Hall–Kier alpha value is -2.70.